The molecule has 0 fully saturated rings. The Balaban J connectivity index is 1.96. The molecule has 0 aliphatic carbocycles. The molecule has 0 bridgehead atoms. The van der Waals surface area contributed by atoms with Crippen LogP contribution in [0.25, 0.3) is 0 Å². The number of phenols is 1. The van der Waals surface area contributed by atoms with Crippen molar-refractivity contribution in [3.05, 3.63) is 63.7 Å². The minimum atomic E-state index is 0.201. The highest BCUT2D eigenvalue weighted by Crippen LogP contribution is 2.45. The molecule has 0 saturated carbocycles. The summed E-state index contributed by atoms with van der Waals surface area (Å²) < 4.78 is 1.03. The Kier molecular flexibility index (Phi) is 2.82. The number of benzene rings is 2. The van der Waals surface area contributed by atoms with Gasteiger partial charge in [0.05, 0.1) is 25.2 Å². The smallest absolute Gasteiger partial charge is 0.141 e. The van der Waals surface area contributed by atoms with E-state index < -0.39 is 0 Å². The number of hydrogen-bond donors (Lipinski definition) is 1. The quantitative estimate of drug-likeness (QED) is 0.736. The van der Waals surface area contributed by atoms with Crippen LogP contribution in [0, 0.1) is 0 Å². The first-order valence-corrected chi connectivity index (χ1v) is 7.89. The lowest BCUT2D eigenvalue weighted by Crippen LogP contribution is -2.54. The molecule has 2 atom stereocenters. The van der Waals surface area contributed by atoms with Crippen molar-refractivity contribution in [3.63, 3.8) is 0 Å². The first-order valence-electron chi connectivity index (χ1n) is 7.52. The molecular weight excluding hydrogens is 282 g/mol. The van der Waals surface area contributed by atoms with Gasteiger partial charge in [0.2, 0.25) is 0 Å². The number of halogens is 1. The van der Waals surface area contributed by atoms with Gasteiger partial charge in [-0.15, -0.1) is 0 Å². The van der Waals surface area contributed by atoms with Crippen LogP contribution in [-0.2, 0) is 12.8 Å². The Morgan fingerprint density at radius 1 is 1.05 bits per heavy atom. The van der Waals surface area contributed by atoms with Crippen molar-refractivity contribution in [3.8, 4) is 5.75 Å². The number of phenolic OH excluding ortho intramolecular Hbond substituents is 1. The maximum Gasteiger partial charge on any atom is 0.141 e. The number of nitrogens with zero attached hydrogens (tertiary/aromatic N) is 1. The van der Waals surface area contributed by atoms with Crippen molar-refractivity contribution in [2.75, 3.05) is 20.1 Å². The Hall–Kier alpha value is -1.51. The monoisotopic (exact) mass is 300 g/mol. The van der Waals surface area contributed by atoms with Crippen molar-refractivity contribution in [1.29, 1.82) is 0 Å². The molecule has 108 valence electrons. The topological polar surface area (TPSA) is 20.2 Å². The van der Waals surface area contributed by atoms with E-state index >= 15 is 0 Å². The van der Waals surface area contributed by atoms with Gasteiger partial charge in [0.1, 0.15) is 11.8 Å². The second-order valence-corrected chi connectivity index (χ2v) is 6.94. The summed E-state index contributed by atoms with van der Waals surface area (Å²) in [6, 6.07) is 12.9. The number of fused-ring (bicyclic) bond motifs is 5. The van der Waals surface area contributed by atoms with Gasteiger partial charge in [-0.05, 0) is 23.3 Å². The molecule has 21 heavy (non-hydrogen) atoms. The number of hydrogen-bond acceptors (Lipinski definition) is 1. The van der Waals surface area contributed by atoms with Gasteiger partial charge in [-0.2, -0.15) is 0 Å². The Morgan fingerprint density at radius 2 is 1.76 bits per heavy atom. The van der Waals surface area contributed by atoms with Gasteiger partial charge in [-0.3, -0.25) is 0 Å². The maximum absolute atomic E-state index is 10.1. The molecule has 0 saturated heterocycles. The van der Waals surface area contributed by atoms with E-state index in [9.17, 15) is 5.11 Å². The van der Waals surface area contributed by atoms with Crippen molar-refractivity contribution in [2.24, 2.45) is 0 Å². The van der Waals surface area contributed by atoms with Gasteiger partial charge in [-0.1, -0.05) is 35.9 Å². The van der Waals surface area contributed by atoms with E-state index in [1.165, 1.54) is 22.3 Å². The third kappa shape index (κ3) is 1.90. The van der Waals surface area contributed by atoms with Crippen molar-refractivity contribution >= 4 is 11.6 Å². The molecule has 4 rings (SSSR count). The number of aromatic hydroxyl groups is 1. The van der Waals surface area contributed by atoms with E-state index in [0.29, 0.717) is 11.1 Å². The average molecular weight is 301 g/mol. The predicted molar refractivity (Wildman–Crippen MR) is 84.7 cm³/mol. The molecule has 2 aromatic rings. The van der Waals surface area contributed by atoms with Crippen molar-refractivity contribution in [2.45, 2.75) is 18.9 Å². The molecule has 2 aromatic carbocycles. The van der Waals surface area contributed by atoms with Crippen LogP contribution in [0.5, 0.6) is 5.75 Å². The first kappa shape index (κ1) is 13.2. The third-order valence-electron chi connectivity index (χ3n) is 5.26. The highest BCUT2D eigenvalue weighted by atomic mass is 35.5. The number of likely N-dealkylation sites (N-methyl/N-ethyl adjacent to an activating group) is 1. The predicted octanol–water partition coefficient (Wildman–Crippen LogP) is 3.69. The van der Waals surface area contributed by atoms with Crippen molar-refractivity contribution in [1.82, 2.24) is 0 Å². The van der Waals surface area contributed by atoms with Gasteiger partial charge in [-0.25, -0.2) is 0 Å². The van der Waals surface area contributed by atoms with E-state index in [4.69, 9.17) is 11.6 Å². The summed E-state index contributed by atoms with van der Waals surface area (Å²) in [6.45, 7) is 2.29. The summed E-state index contributed by atoms with van der Waals surface area (Å²) in [5.41, 5.74) is 5.39. The summed E-state index contributed by atoms with van der Waals surface area (Å²) in [6.07, 6.45) is 2.17. The summed E-state index contributed by atoms with van der Waals surface area (Å²) in [5.74, 6) is 0.201. The summed E-state index contributed by atoms with van der Waals surface area (Å²) in [5, 5.41) is 10.5. The van der Waals surface area contributed by atoms with Crippen LogP contribution >= 0.6 is 11.6 Å². The molecule has 1 N–H and O–H groups in total. The zero-order valence-electron chi connectivity index (χ0n) is 12.1. The fourth-order valence-electron chi connectivity index (χ4n) is 4.08. The van der Waals surface area contributed by atoms with Gasteiger partial charge in [0.15, 0.2) is 0 Å². The molecule has 2 heterocycles. The Morgan fingerprint density at radius 3 is 2.57 bits per heavy atom. The van der Waals surface area contributed by atoms with E-state index in [1.807, 2.05) is 12.1 Å². The van der Waals surface area contributed by atoms with Crippen LogP contribution < -0.4 is 0 Å². The van der Waals surface area contributed by atoms with Crippen LogP contribution in [0.3, 0.4) is 0 Å². The zero-order valence-corrected chi connectivity index (χ0v) is 12.9. The molecule has 0 amide bonds. The van der Waals surface area contributed by atoms with Crippen LogP contribution in [0.2, 0.25) is 5.02 Å². The van der Waals surface area contributed by atoms with Gasteiger partial charge in [0.25, 0.3) is 0 Å². The fourth-order valence-corrected chi connectivity index (χ4v) is 4.27. The van der Waals surface area contributed by atoms with E-state index in [0.717, 1.165) is 30.4 Å². The molecule has 0 aromatic heterocycles. The lowest BCUT2D eigenvalue weighted by atomic mass is 9.81. The Labute approximate surface area is 130 Å². The molecule has 0 spiro atoms. The SMILES string of the molecule is C[N+]12CCc3ccccc3C1c1cc(O)c(Cl)cc1CC2. The molecular formula is C18H19ClNO+. The van der Waals surface area contributed by atoms with E-state index in [1.54, 1.807) is 0 Å². The number of quaternary nitrogens is 1. The zero-order chi connectivity index (χ0) is 14.6. The van der Waals surface area contributed by atoms with Gasteiger partial charge in [0, 0.05) is 24.0 Å². The maximum atomic E-state index is 10.1. The average Bonchev–Trinajstić information content (AvgIpc) is 2.48. The first-order chi connectivity index (χ1) is 10.1. The summed E-state index contributed by atoms with van der Waals surface area (Å²) in [4.78, 5) is 0. The largest absolute Gasteiger partial charge is 0.506 e. The minimum Gasteiger partial charge on any atom is -0.506 e. The summed E-state index contributed by atoms with van der Waals surface area (Å²) in [7, 11) is 2.34. The normalized spacial score (nSPS) is 26.7. The molecule has 0 radical (unpaired) electrons. The lowest BCUT2D eigenvalue weighted by Gasteiger charge is -2.49. The van der Waals surface area contributed by atoms with Gasteiger partial charge < -0.3 is 9.59 Å². The van der Waals surface area contributed by atoms with Crippen molar-refractivity contribution < 1.29 is 9.59 Å². The van der Waals surface area contributed by atoms with Crippen LogP contribution in [0.15, 0.2) is 36.4 Å². The molecule has 3 heteroatoms. The summed E-state index contributed by atoms with van der Waals surface area (Å²) >= 11 is 6.10. The second-order valence-electron chi connectivity index (χ2n) is 6.53. The standard InChI is InChI=1S/C18H18ClNO/c1-20-8-6-12-4-2-3-5-14(12)18(20)15-11-17(21)16(19)10-13(15)7-9-20/h2-5,10-11,18H,6-9H2,1H3/p+1. The fraction of sp³-hybridized carbons (Fsp3) is 0.333. The van der Waals surface area contributed by atoms with E-state index in [-0.39, 0.29) is 5.75 Å². The lowest BCUT2D eigenvalue weighted by molar-refractivity contribution is -0.937. The van der Waals surface area contributed by atoms with E-state index in [2.05, 4.69) is 31.3 Å². The molecule has 2 aliphatic rings. The third-order valence-corrected chi connectivity index (χ3v) is 5.56. The molecule has 2 nitrogen and oxygen atoms in total. The second kappa shape index (κ2) is 4.49. The minimum absolute atomic E-state index is 0.201. The van der Waals surface area contributed by atoms with Crippen LogP contribution in [-0.4, -0.2) is 29.7 Å². The highest BCUT2D eigenvalue weighted by molar-refractivity contribution is 6.32. The number of rotatable bonds is 0. The Bertz CT molecular complexity index is 727. The van der Waals surface area contributed by atoms with Crippen LogP contribution in [0.1, 0.15) is 28.3 Å². The molecule has 2 unspecified atom stereocenters. The highest BCUT2D eigenvalue weighted by Gasteiger charge is 2.43. The van der Waals surface area contributed by atoms with Crippen LogP contribution in [0.4, 0.5) is 0 Å². The molecule has 2 aliphatic heterocycles. The van der Waals surface area contributed by atoms with Gasteiger partial charge >= 0.3 is 0 Å².